The van der Waals surface area contributed by atoms with E-state index in [1.54, 1.807) is 0 Å². The maximum atomic E-state index is 12.2. The molecule has 0 aromatic heterocycles. The zero-order valence-corrected chi connectivity index (χ0v) is 13.5. The van der Waals surface area contributed by atoms with Gasteiger partial charge in [-0.2, -0.15) is 0 Å². The summed E-state index contributed by atoms with van der Waals surface area (Å²) in [6, 6.07) is 1.14. The van der Waals surface area contributed by atoms with Crippen LogP contribution < -0.4 is 11.1 Å². The zero-order valence-electron chi connectivity index (χ0n) is 13.5. The number of piperazine rings is 1. The number of carbonyl (C=O) groups excluding carboxylic acids is 1. The summed E-state index contributed by atoms with van der Waals surface area (Å²) in [6.07, 6.45) is 5.01. The topological polar surface area (TPSA) is 61.6 Å². The van der Waals surface area contributed by atoms with Crippen LogP contribution in [0.4, 0.5) is 0 Å². The van der Waals surface area contributed by atoms with Crippen molar-refractivity contribution in [2.45, 2.75) is 57.2 Å². The van der Waals surface area contributed by atoms with Crippen molar-refractivity contribution >= 4 is 5.91 Å². The molecule has 3 aliphatic rings. The minimum Gasteiger partial charge on any atom is -0.368 e. The van der Waals surface area contributed by atoms with Gasteiger partial charge in [-0.3, -0.25) is 19.9 Å². The lowest BCUT2D eigenvalue weighted by Crippen LogP contribution is -2.66. The van der Waals surface area contributed by atoms with Crippen molar-refractivity contribution in [3.8, 4) is 0 Å². The minimum atomic E-state index is -0.518. The van der Waals surface area contributed by atoms with Crippen LogP contribution in [0.5, 0.6) is 0 Å². The van der Waals surface area contributed by atoms with Gasteiger partial charge in [0.2, 0.25) is 5.91 Å². The van der Waals surface area contributed by atoms with Crippen LogP contribution in [-0.4, -0.2) is 66.1 Å². The first kappa shape index (κ1) is 15.3. The fourth-order valence-electron chi connectivity index (χ4n) is 3.81. The van der Waals surface area contributed by atoms with Gasteiger partial charge < -0.3 is 5.73 Å². The molecule has 3 fully saturated rings. The van der Waals surface area contributed by atoms with E-state index in [1.165, 1.54) is 12.8 Å². The molecule has 5 heteroatoms. The first-order valence-corrected chi connectivity index (χ1v) is 8.55. The Balaban J connectivity index is 1.62. The Kier molecular flexibility index (Phi) is 4.26. The molecule has 3 N–H and O–H groups in total. The number of nitrogens with two attached hydrogens (primary N) is 1. The molecule has 1 heterocycles. The third-order valence-electron chi connectivity index (χ3n) is 5.20. The maximum absolute atomic E-state index is 12.2. The van der Waals surface area contributed by atoms with E-state index in [9.17, 15) is 4.79 Å². The van der Waals surface area contributed by atoms with Crippen molar-refractivity contribution in [3.05, 3.63) is 0 Å². The van der Waals surface area contributed by atoms with Crippen LogP contribution in [0.2, 0.25) is 0 Å². The average molecular weight is 294 g/mol. The lowest BCUT2D eigenvalue weighted by molar-refractivity contribution is -0.127. The lowest BCUT2D eigenvalue weighted by atomic mass is 9.90. The van der Waals surface area contributed by atoms with Gasteiger partial charge >= 0.3 is 0 Å². The Labute approximate surface area is 128 Å². The van der Waals surface area contributed by atoms with Crippen LogP contribution in [-0.2, 0) is 4.79 Å². The molecule has 0 aromatic rings. The van der Waals surface area contributed by atoms with Crippen molar-refractivity contribution < 1.29 is 4.79 Å². The summed E-state index contributed by atoms with van der Waals surface area (Å²) in [5, 5.41) is 3.52. The molecule has 21 heavy (non-hydrogen) atoms. The van der Waals surface area contributed by atoms with Crippen molar-refractivity contribution in [1.29, 1.82) is 0 Å². The van der Waals surface area contributed by atoms with Crippen LogP contribution in [0, 0.1) is 5.92 Å². The summed E-state index contributed by atoms with van der Waals surface area (Å²) in [6.45, 7) is 9.41. The van der Waals surface area contributed by atoms with E-state index >= 15 is 0 Å². The highest BCUT2D eigenvalue weighted by Crippen LogP contribution is 2.40. The summed E-state index contributed by atoms with van der Waals surface area (Å²) in [7, 11) is 0. The molecule has 1 saturated heterocycles. The quantitative estimate of drug-likeness (QED) is 0.713. The van der Waals surface area contributed by atoms with Crippen molar-refractivity contribution in [2.24, 2.45) is 11.7 Å². The fourth-order valence-corrected chi connectivity index (χ4v) is 3.81. The van der Waals surface area contributed by atoms with Gasteiger partial charge in [-0.25, -0.2) is 0 Å². The molecule has 1 amide bonds. The average Bonchev–Trinajstić information content (AvgIpc) is 3.28. The smallest absolute Gasteiger partial charge is 0.239 e. The third-order valence-corrected chi connectivity index (χ3v) is 5.20. The van der Waals surface area contributed by atoms with Crippen LogP contribution in [0.25, 0.3) is 0 Å². The van der Waals surface area contributed by atoms with E-state index in [1.807, 2.05) is 0 Å². The zero-order chi connectivity index (χ0) is 15.0. The SMILES string of the molecule is CC(C)NC(CN1CCN(C2CC2)CC1)(C(N)=O)C1CC1. The molecule has 0 radical (unpaired) electrons. The molecule has 0 spiro atoms. The summed E-state index contributed by atoms with van der Waals surface area (Å²) in [4.78, 5) is 17.3. The molecule has 2 aliphatic carbocycles. The van der Waals surface area contributed by atoms with E-state index in [2.05, 4.69) is 29.0 Å². The number of primary amides is 1. The summed E-state index contributed by atoms with van der Waals surface area (Å²) < 4.78 is 0. The monoisotopic (exact) mass is 294 g/mol. The van der Waals surface area contributed by atoms with E-state index < -0.39 is 5.54 Å². The van der Waals surface area contributed by atoms with Gasteiger partial charge in [-0.05, 0) is 45.4 Å². The summed E-state index contributed by atoms with van der Waals surface area (Å²) >= 11 is 0. The molecule has 2 saturated carbocycles. The number of rotatable bonds is 7. The number of carbonyl (C=O) groups is 1. The maximum Gasteiger partial charge on any atom is 0.239 e. The number of hydrogen-bond acceptors (Lipinski definition) is 4. The Morgan fingerprint density at radius 2 is 1.81 bits per heavy atom. The number of nitrogens with zero attached hydrogens (tertiary/aromatic N) is 2. The first-order chi connectivity index (χ1) is 10.0. The molecular formula is C16H30N4O. The molecule has 5 nitrogen and oxygen atoms in total. The second kappa shape index (κ2) is 5.86. The van der Waals surface area contributed by atoms with Crippen LogP contribution in [0.15, 0.2) is 0 Å². The fraction of sp³-hybridized carbons (Fsp3) is 0.938. The Morgan fingerprint density at radius 1 is 1.19 bits per heavy atom. The Hall–Kier alpha value is -0.650. The highest BCUT2D eigenvalue weighted by Gasteiger charge is 2.51. The van der Waals surface area contributed by atoms with Crippen LogP contribution in [0.3, 0.4) is 0 Å². The molecule has 1 unspecified atom stereocenters. The first-order valence-electron chi connectivity index (χ1n) is 8.55. The highest BCUT2D eigenvalue weighted by molar-refractivity contribution is 5.86. The molecular weight excluding hydrogens is 264 g/mol. The summed E-state index contributed by atoms with van der Waals surface area (Å²) in [5.74, 6) is 0.266. The van der Waals surface area contributed by atoms with Gasteiger partial charge in [-0.1, -0.05) is 0 Å². The molecule has 3 rings (SSSR count). The molecule has 1 atom stereocenters. The third kappa shape index (κ3) is 3.41. The minimum absolute atomic E-state index is 0.164. The Morgan fingerprint density at radius 3 is 2.24 bits per heavy atom. The summed E-state index contributed by atoms with van der Waals surface area (Å²) in [5.41, 5.74) is 5.31. The molecule has 1 aliphatic heterocycles. The second-order valence-electron chi connectivity index (χ2n) is 7.45. The van der Waals surface area contributed by atoms with Gasteiger partial charge in [0.15, 0.2) is 0 Å². The van der Waals surface area contributed by atoms with Gasteiger partial charge in [0.25, 0.3) is 0 Å². The van der Waals surface area contributed by atoms with Gasteiger partial charge in [0.1, 0.15) is 5.54 Å². The molecule has 0 bridgehead atoms. The van der Waals surface area contributed by atoms with Gasteiger partial charge in [0, 0.05) is 44.8 Å². The van der Waals surface area contributed by atoms with Crippen molar-refractivity contribution in [1.82, 2.24) is 15.1 Å². The standard InChI is InChI=1S/C16H30N4O/c1-12(2)18-16(15(17)21,13-3-4-13)11-19-7-9-20(10-8-19)14-5-6-14/h12-14,18H,3-11H2,1-2H3,(H2,17,21). The van der Waals surface area contributed by atoms with Crippen LogP contribution >= 0.6 is 0 Å². The lowest BCUT2D eigenvalue weighted by Gasteiger charge is -2.42. The number of nitrogens with one attached hydrogen (secondary N) is 1. The van der Waals surface area contributed by atoms with E-state index in [-0.39, 0.29) is 11.9 Å². The molecule has 120 valence electrons. The normalized spacial score (nSPS) is 27.8. The van der Waals surface area contributed by atoms with Crippen molar-refractivity contribution in [3.63, 3.8) is 0 Å². The van der Waals surface area contributed by atoms with E-state index in [0.29, 0.717) is 5.92 Å². The number of amides is 1. The highest BCUT2D eigenvalue weighted by atomic mass is 16.1. The predicted octanol–water partition coefficient (Wildman–Crippen LogP) is 0.399. The molecule has 0 aromatic carbocycles. The number of hydrogen-bond donors (Lipinski definition) is 2. The van der Waals surface area contributed by atoms with E-state index in [0.717, 1.165) is 51.6 Å². The van der Waals surface area contributed by atoms with Crippen molar-refractivity contribution in [2.75, 3.05) is 32.7 Å². The largest absolute Gasteiger partial charge is 0.368 e. The predicted molar refractivity (Wildman–Crippen MR) is 84.0 cm³/mol. The van der Waals surface area contributed by atoms with E-state index in [4.69, 9.17) is 5.73 Å². The second-order valence-corrected chi connectivity index (χ2v) is 7.45. The van der Waals surface area contributed by atoms with Gasteiger partial charge in [0.05, 0.1) is 0 Å². The van der Waals surface area contributed by atoms with Gasteiger partial charge in [-0.15, -0.1) is 0 Å². The van der Waals surface area contributed by atoms with Crippen LogP contribution in [0.1, 0.15) is 39.5 Å². The Bertz CT molecular complexity index is 384.